The summed E-state index contributed by atoms with van der Waals surface area (Å²) in [7, 11) is 1.80. The molecule has 31 heavy (non-hydrogen) atoms. The van der Waals surface area contributed by atoms with Crippen molar-refractivity contribution in [3.05, 3.63) is 58.8 Å². The summed E-state index contributed by atoms with van der Waals surface area (Å²) < 4.78 is 2.02. The van der Waals surface area contributed by atoms with Crippen LogP contribution in [0.5, 0.6) is 0 Å². The standard InChI is InChI=1S/C24H33N5O2/c1-26-14-11-22(25-31)21-10-15-29(23(21)24(26)30)13-7-3-6-12-27-16-18-28(19-17-27)20-8-4-2-5-9-20/h2,4-5,8-10,15,22H,3,6-7,11-14,16-19H2,1H3. The van der Waals surface area contributed by atoms with Gasteiger partial charge >= 0.3 is 0 Å². The van der Waals surface area contributed by atoms with Crippen LogP contribution >= 0.6 is 0 Å². The molecule has 3 heterocycles. The number of carbonyl (C=O) groups excluding carboxylic acids is 1. The molecule has 7 heteroatoms. The van der Waals surface area contributed by atoms with Gasteiger partial charge in [0.05, 0.1) is 0 Å². The Balaban J connectivity index is 1.21. The van der Waals surface area contributed by atoms with Crippen LogP contribution in [0.3, 0.4) is 0 Å². The van der Waals surface area contributed by atoms with Gasteiger partial charge in [0.15, 0.2) is 0 Å². The van der Waals surface area contributed by atoms with Crippen LogP contribution in [0.25, 0.3) is 0 Å². The van der Waals surface area contributed by atoms with E-state index in [0.717, 1.165) is 57.7 Å². The second-order valence-electron chi connectivity index (χ2n) is 8.67. The molecular weight excluding hydrogens is 390 g/mol. The van der Waals surface area contributed by atoms with Crippen molar-refractivity contribution in [3.63, 3.8) is 0 Å². The zero-order chi connectivity index (χ0) is 21.6. The van der Waals surface area contributed by atoms with Gasteiger partial charge in [-0.05, 0) is 44.0 Å². The van der Waals surface area contributed by atoms with Crippen molar-refractivity contribution in [2.75, 3.05) is 51.2 Å². The first-order valence-electron chi connectivity index (χ1n) is 11.5. The molecule has 1 aromatic heterocycles. The average Bonchev–Trinajstić information content (AvgIpc) is 3.18. The molecule has 1 aromatic carbocycles. The third kappa shape index (κ3) is 4.98. The van der Waals surface area contributed by atoms with E-state index in [4.69, 9.17) is 0 Å². The smallest absolute Gasteiger partial charge is 0.270 e. The van der Waals surface area contributed by atoms with Crippen LogP contribution in [0.2, 0.25) is 0 Å². The summed E-state index contributed by atoms with van der Waals surface area (Å²) >= 11 is 0. The Morgan fingerprint density at radius 2 is 1.68 bits per heavy atom. The fourth-order valence-electron chi connectivity index (χ4n) is 4.72. The zero-order valence-electron chi connectivity index (χ0n) is 18.4. The number of nitrogens with zero attached hydrogens (tertiary/aromatic N) is 5. The summed E-state index contributed by atoms with van der Waals surface area (Å²) in [5.74, 6) is 0.00226. The number of amides is 1. The monoisotopic (exact) mass is 423 g/mol. The lowest BCUT2D eigenvalue weighted by Gasteiger charge is -2.36. The predicted molar refractivity (Wildman–Crippen MR) is 123 cm³/mol. The normalized spacial score (nSPS) is 19.9. The van der Waals surface area contributed by atoms with Gasteiger partial charge in [-0.2, -0.15) is 4.91 Å². The van der Waals surface area contributed by atoms with Gasteiger partial charge in [-0.15, -0.1) is 0 Å². The van der Waals surface area contributed by atoms with Crippen LogP contribution in [0.1, 0.15) is 47.8 Å². The maximum atomic E-state index is 12.8. The van der Waals surface area contributed by atoms with Crippen LogP contribution in [0.15, 0.2) is 47.8 Å². The number of para-hydroxylation sites is 1. The maximum Gasteiger partial charge on any atom is 0.270 e. The largest absolute Gasteiger partial charge is 0.369 e. The van der Waals surface area contributed by atoms with E-state index in [-0.39, 0.29) is 5.91 Å². The first-order valence-corrected chi connectivity index (χ1v) is 11.5. The van der Waals surface area contributed by atoms with Crippen molar-refractivity contribution in [1.82, 2.24) is 14.4 Å². The lowest BCUT2D eigenvalue weighted by molar-refractivity contribution is 0.0788. The van der Waals surface area contributed by atoms with Gasteiger partial charge in [-0.3, -0.25) is 9.69 Å². The number of fused-ring (bicyclic) bond motifs is 1. The predicted octanol–water partition coefficient (Wildman–Crippen LogP) is 3.76. The first-order chi connectivity index (χ1) is 15.2. The quantitative estimate of drug-likeness (QED) is 0.479. The van der Waals surface area contributed by atoms with Gasteiger partial charge < -0.3 is 14.4 Å². The molecule has 0 N–H and O–H groups in total. The number of aromatic nitrogens is 1. The second kappa shape index (κ2) is 10.1. The van der Waals surface area contributed by atoms with Gasteiger partial charge in [0.25, 0.3) is 5.91 Å². The second-order valence-corrected chi connectivity index (χ2v) is 8.67. The van der Waals surface area contributed by atoms with Crippen molar-refractivity contribution >= 4 is 11.6 Å². The van der Waals surface area contributed by atoms with E-state index < -0.39 is 6.04 Å². The van der Waals surface area contributed by atoms with Gasteiger partial charge in [0.2, 0.25) is 0 Å². The molecule has 1 unspecified atom stereocenters. The third-order valence-corrected chi connectivity index (χ3v) is 6.64. The number of unbranched alkanes of at least 4 members (excludes halogenated alkanes) is 2. The zero-order valence-corrected chi connectivity index (χ0v) is 18.4. The van der Waals surface area contributed by atoms with E-state index in [0.29, 0.717) is 18.7 Å². The van der Waals surface area contributed by atoms with Crippen molar-refractivity contribution in [3.8, 4) is 0 Å². The Hall–Kier alpha value is -2.67. The van der Waals surface area contributed by atoms with Crippen LogP contribution in [-0.2, 0) is 6.54 Å². The summed E-state index contributed by atoms with van der Waals surface area (Å²) in [6, 6.07) is 12.1. The molecule has 166 valence electrons. The maximum absolute atomic E-state index is 12.8. The van der Waals surface area contributed by atoms with E-state index >= 15 is 0 Å². The van der Waals surface area contributed by atoms with Gasteiger partial charge in [-0.1, -0.05) is 29.8 Å². The number of hydrogen-bond donors (Lipinski definition) is 0. The average molecular weight is 424 g/mol. The molecule has 2 aromatic rings. The van der Waals surface area contributed by atoms with Gasteiger partial charge in [0.1, 0.15) is 11.7 Å². The molecule has 7 nitrogen and oxygen atoms in total. The van der Waals surface area contributed by atoms with Gasteiger partial charge in [0, 0.05) is 63.8 Å². The molecule has 4 rings (SSSR count). The molecule has 0 saturated carbocycles. The molecule has 1 saturated heterocycles. The van der Waals surface area contributed by atoms with E-state index in [9.17, 15) is 9.70 Å². The fourth-order valence-corrected chi connectivity index (χ4v) is 4.72. The van der Waals surface area contributed by atoms with E-state index in [1.807, 2.05) is 16.8 Å². The summed E-state index contributed by atoms with van der Waals surface area (Å²) in [5, 5.41) is 3.27. The first kappa shape index (κ1) is 21.6. The Morgan fingerprint density at radius 1 is 0.935 bits per heavy atom. The summed E-state index contributed by atoms with van der Waals surface area (Å²) in [4.78, 5) is 30.7. The highest BCUT2D eigenvalue weighted by atomic mass is 16.3. The van der Waals surface area contributed by atoms with Gasteiger partial charge in [-0.25, -0.2) is 0 Å². The molecule has 1 amide bonds. The topological polar surface area (TPSA) is 61.2 Å². The Bertz CT molecular complexity index is 873. The molecule has 1 atom stereocenters. The molecule has 0 bridgehead atoms. The van der Waals surface area contributed by atoms with Crippen molar-refractivity contribution in [2.45, 2.75) is 38.3 Å². The number of hydrogen-bond acceptors (Lipinski definition) is 5. The molecule has 2 aliphatic rings. The summed E-state index contributed by atoms with van der Waals surface area (Å²) in [6.07, 6.45) is 5.87. The highest BCUT2D eigenvalue weighted by Crippen LogP contribution is 2.30. The third-order valence-electron chi connectivity index (χ3n) is 6.64. The number of benzene rings is 1. The molecule has 0 radical (unpaired) electrons. The van der Waals surface area contributed by atoms with Crippen LogP contribution in [0, 0.1) is 4.91 Å². The minimum Gasteiger partial charge on any atom is -0.369 e. The highest BCUT2D eigenvalue weighted by molar-refractivity contribution is 5.94. The van der Waals surface area contributed by atoms with Crippen molar-refractivity contribution in [2.24, 2.45) is 5.18 Å². The molecule has 0 spiro atoms. The molecular formula is C24H33N5O2. The SMILES string of the molecule is CN1CCC(N=O)c2ccn(CCCCCN3CCN(c4ccccc4)CC3)c2C1=O. The van der Waals surface area contributed by atoms with Crippen LogP contribution in [0.4, 0.5) is 5.69 Å². The number of carbonyl (C=O) groups is 1. The lowest BCUT2D eigenvalue weighted by Crippen LogP contribution is -2.46. The van der Waals surface area contributed by atoms with E-state index in [2.05, 4.69) is 45.3 Å². The number of piperazine rings is 1. The van der Waals surface area contributed by atoms with Crippen molar-refractivity contribution < 1.29 is 4.79 Å². The van der Waals surface area contributed by atoms with E-state index in [1.54, 1.807) is 11.9 Å². The summed E-state index contributed by atoms with van der Waals surface area (Å²) in [5.41, 5.74) is 2.77. The number of nitroso groups, excluding NO2 is 1. The minimum absolute atomic E-state index is 0.00226. The number of anilines is 1. The molecule has 0 aliphatic carbocycles. The summed E-state index contributed by atoms with van der Waals surface area (Å²) in [6.45, 7) is 6.90. The fraction of sp³-hybridized carbons (Fsp3) is 0.542. The molecule has 1 fully saturated rings. The lowest BCUT2D eigenvalue weighted by atomic mass is 10.1. The minimum atomic E-state index is -0.417. The van der Waals surface area contributed by atoms with Crippen molar-refractivity contribution in [1.29, 1.82) is 0 Å². The van der Waals surface area contributed by atoms with Crippen LogP contribution in [-0.4, -0.2) is 66.6 Å². The Labute approximate surface area is 184 Å². The Kier molecular flexibility index (Phi) is 7.02. The Morgan fingerprint density at radius 3 is 2.42 bits per heavy atom. The molecule has 2 aliphatic heterocycles. The highest BCUT2D eigenvalue weighted by Gasteiger charge is 2.30. The van der Waals surface area contributed by atoms with Crippen LogP contribution < -0.4 is 4.90 Å². The number of rotatable bonds is 8. The number of aryl methyl sites for hydroxylation is 1. The van der Waals surface area contributed by atoms with E-state index in [1.165, 1.54) is 12.1 Å².